The summed E-state index contributed by atoms with van der Waals surface area (Å²) in [5.41, 5.74) is 3.88. The van der Waals surface area contributed by atoms with Crippen molar-refractivity contribution in [3.05, 3.63) is 101 Å². The highest BCUT2D eigenvalue weighted by molar-refractivity contribution is 5.93. The van der Waals surface area contributed by atoms with Gasteiger partial charge in [-0.25, -0.2) is 19.4 Å². The van der Waals surface area contributed by atoms with Gasteiger partial charge in [0.15, 0.2) is 11.5 Å². The van der Waals surface area contributed by atoms with E-state index in [2.05, 4.69) is 36.2 Å². The number of pyridine rings is 1. The summed E-state index contributed by atoms with van der Waals surface area (Å²) in [6, 6.07) is 21.8. The first-order valence-electron chi connectivity index (χ1n) is 10.9. The number of benzene rings is 2. The Balaban J connectivity index is 1.51. The highest BCUT2D eigenvalue weighted by Gasteiger charge is 2.13. The minimum Gasteiger partial charge on any atom is -0.476 e. The van der Waals surface area contributed by atoms with Crippen molar-refractivity contribution in [3.8, 4) is 11.1 Å². The molecule has 0 fully saturated rings. The molecule has 0 aliphatic carbocycles. The topological polar surface area (TPSA) is 80.9 Å². The first-order chi connectivity index (χ1) is 15.6. The third kappa shape index (κ3) is 5.09. The van der Waals surface area contributed by atoms with E-state index in [1.807, 2.05) is 35.0 Å². The summed E-state index contributed by atoms with van der Waals surface area (Å²) in [4.78, 5) is 20.2. The van der Waals surface area contributed by atoms with E-state index in [0.717, 1.165) is 48.5 Å². The van der Waals surface area contributed by atoms with Gasteiger partial charge in [0, 0.05) is 24.6 Å². The van der Waals surface area contributed by atoms with Crippen LogP contribution < -0.4 is 0 Å². The van der Waals surface area contributed by atoms with Gasteiger partial charge in [-0.2, -0.15) is 5.10 Å². The van der Waals surface area contributed by atoms with Gasteiger partial charge in [0.05, 0.1) is 6.54 Å². The van der Waals surface area contributed by atoms with Gasteiger partial charge in [-0.15, -0.1) is 0 Å². The molecule has 162 valence electrons. The van der Waals surface area contributed by atoms with Crippen LogP contribution in [0.25, 0.3) is 11.1 Å². The normalized spacial score (nSPS) is 10.9. The van der Waals surface area contributed by atoms with Crippen LogP contribution in [-0.2, 0) is 25.8 Å². The van der Waals surface area contributed by atoms with Crippen LogP contribution in [0, 0.1) is 0 Å². The fraction of sp³-hybridized carbons (Fsp3) is 0.231. The second kappa shape index (κ2) is 10.0. The number of rotatable bonds is 9. The van der Waals surface area contributed by atoms with E-state index in [-0.39, 0.29) is 5.69 Å². The number of aryl methyl sites for hydroxylation is 3. The van der Waals surface area contributed by atoms with Crippen LogP contribution in [0.5, 0.6) is 0 Å². The van der Waals surface area contributed by atoms with Crippen molar-refractivity contribution >= 4 is 5.97 Å². The fourth-order valence-electron chi connectivity index (χ4n) is 3.74. The van der Waals surface area contributed by atoms with Crippen molar-refractivity contribution in [2.75, 3.05) is 0 Å². The molecule has 0 atom stereocenters. The molecule has 0 radical (unpaired) electrons. The van der Waals surface area contributed by atoms with E-state index in [1.165, 1.54) is 11.8 Å². The SMILES string of the molecule is CCCc1nc(CCc2ccccc2)nn1Cc1ccc(-c2cccnc2C(=O)O)cc1. The van der Waals surface area contributed by atoms with E-state index in [0.29, 0.717) is 12.1 Å². The third-order valence-corrected chi connectivity index (χ3v) is 5.35. The molecule has 4 aromatic rings. The number of carbonyl (C=O) groups is 1. The highest BCUT2D eigenvalue weighted by atomic mass is 16.4. The largest absolute Gasteiger partial charge is 0.476 e. The lowest BCUT2D eigenvalue weighted by Crippen LogP contribution is -2.07. The van der Waals surface area contributed by atoms with Gasteiger partial charge in [0.1, 0.15) is 5.82 Å². The van der Waals surface area contributed by atoms with Crippen molar-refractivity contribution < 1.29 is 9.90 Å². The van der Waals surface area contributed by atoms with Crippen LogP contribution >= 0.6 is 0 Å². The smallest absolute Gasteiger partial charge is 0.355 e. The molecular formula is C26H26N4O2. The van der Waals surface area contributed by atoms with Crippen LogP contribution in [0.2, 0.25) is 0 Å². The number of carboxylic acid groups (broad SMARTS) is 1. The second-order valence-electron chi connectivity index (χ2n) is 7.74. The van der Waals surface area contributed by atoms with Crippen molar-refractivity contribution in [3.63, 3.8) is 0 Å². The quantitative estimate of drug-likeness (QED) is 0.415. The first-order valence-corrected chi connectivity index (χ1v) is 10.9. The summed E-state index contributed by atoms with van der Waals surface area (Å²) in [7, 11) is 0. The van der Waals surface area contributed by atoms with Crippen molar-refractivity contribution in [2.45, 2.75) is 39.2 Å². The maximum atomic E-state index is 11.5. The van der Waals surface area contributed by atoms with Gasteiger partial charge in [0.2, 0.25) is 0 Å². The van der Waals surface area contributed by atoms with Crippen LogP contribution in [0.15, 0.2) is 72.9 Å². The Morgan fingerprint density at radius 2 is 1.69 bits per heavy atom. The van der Waals surface area contributed by atoms with E-state index < -0.39 is 5.97 Å². The maximum absolute atomic E-state index is 11.5. The molecule has 1 N–H and O–H groups in total. The molecule has 0 unspecified atom stereocenters. The molecule has 0 amide bonds. The third-order valence-electron chi connectivity index (χ3n) is 5.35. The number of nitrogens with zero attached hydrogens (tertiary/aromatic N) is 4. The van der Waals surface area contributed by atoms with E-state index in [4.69, 9.17) is 10.1 Å². The Kier molecular flexibility index (Phi) is 6.70. The lowest BCUT2D eigenvalue weighted by molar-refractivity contribution is 0.0691. The van der Waals surface area contributed by atoms with E-state index in [9.17, 15) is 9.90 Å². The molecule has 0 aliphatic heterocycles. The van der Waals surface area contributed by atoms with Gasteiger partial charge in [0.25, 0.3) is 0 Å². The van der Waals surface area contributed by atoms with Gasteiger partial charge in [-0.05, 0) is 35.6 Å². The van der Waals surface area contributed by atoms with E-state index >= 15 is 0 Å². The number of aromatic carboxylic acids is 1. The Morgan fingerprint density at radius 1 is 0.906 bits per heavy atom. The molecule has 0 spiro atoms. The Morgan fingerprint density at radius 3 is 2.41 bits per heavy atom. The fourth-order valence-corrected chi connectivity index (χ4v) is 3.74. The highest BCUT2D eigenvalue weighted by Crippen LogP contribution is 2.23. The number of hydrogen-bond acceptors (Lipinski definition) is 4. The minimum atomic E-state index is -1.03. The molecular weight excluding hydrogens is 400 g/mol. The predicted molar refractivity (Wildman–Crippen MR) is 124 cm³/mol. The monoisotopic (exact) mass is 426 g/mol. The summed E-state index contributed by atoms with van der Waals surface area (Å²) in [6.07, 6.45) is 5.12. The van der Waals surface area contributed by atoms with Gasteiger partial charge in [-0.3, -0.25) is 0 Å². The molecule has 4 rings (SSSR count). The Bertz CT molecular complexity index is 1180. The molecule has 2 heterocycles. The molecule has 0 aliphatic rings. The predicted octanol–water partition coefficient (Wildman–Crippen LogP) is 4.82. The summed E-state index contributed by atoms with van der Waals surface area (Å²) in [5.74, 6) is 0.843. The average molecular weight is 427 g/mol. The second-order valence-corrected chi connectivity index (χ2v) is 7.74. The average Bonchev–Trinajstić information content (AvgIpc) is 3.20. The van der Waals surface area contributed by atoms with Crippen LogP contribution in [0.3, 0.4) is 0 Å². The molecule has 6 nitrogen and oxygen atoms in total. The molecule has 0 saturated carbocycles. The number of aromatic nitrogens is 4. The Labute approximate surface area is 187 Å². The molecule has 0 saturated heterocycles. The van der Waals surface area contributed by atoms with Crippen molar-refractivity contribution in [1.29, 1.82) is 0 Å². The zero-order valence-corrected chi connectivity index (χ0v) is 18.1. The first kappa shape index (κ1) is 21.4. The van der Waals surface area contributed by atoms with Gasteiger partial charge >= 0.3 is 5.97 Å². The Hall–Kier alpha value is -3.80. The molecule has 2 aromatic heterocycles. The maximum Gasteiger partial charge on any atom is 0.355 e. The van der Waals surface area contributed by atoms with Gasteiger partial charge in [-0.1, -0.05) is 67.6 Å². The molecule has 32 heavy (non-hydrogen) atoms. The molecule has 2 aromatic carbocycles. The zero-order chi connectivity index (χ0) is 22.3. The summed E-state index contributed by atoms with van der Waals surface area (Å²) < 4.78 is 1.99. The summed E-state index contributed by atoms with van der Waals surface area (Å²) in [6.45, 7) is 2.78. The lowest BCUT2D eigenvalue weighted by Gasteiger charge is -2.08. The lowest BCUT2D eigenvalue weighted by atomic mass is 10.0. The van der Waals surface area contributed by atoms with Crippen LogP contribution in [-0.4, -0.2) is 30.8 Å². The van der Waals surface area contributed by atoms with E-state index in [1.54, 1.807) is 12.1 Å². The number of hydrogen-bond donors (Lipinski definition) is 1. The van der Waals surface area contributed by atoms with Crippen molar-refractivity contribution in [2.24, 2.45) is 0 Å². The van der Waals surface area contributed by atoms with Crippen LogP contribution in [0.1, 0.15) is 46.6 Å². The summed E-state index contributed by atoms with van der Waals surface area (Å²) in [5, 5.41) is 14.2. The molecule has 0 bridgehead atoms. The molecule has 6 heteroatoms. The van der Waals surface area contributed by atoms with Gasteiger partial charge < -0.3 is 5.11 Å². The summed E-state index contributed by atoms with van der Waals surface area (Å²) >= 11 is 0. The van der Waals surface area contributed by atoms with Crippen LogP contribution in [0.4, 0.5) is 0 Å². The standard InChI is InChI=1S/C26H26N4O2/c1-2-7-24-28-23(16-13-19-8-4-3-5-9-19)29-30(24)18-20-11-14-21(15-12-20)22-10-6-17-27-25(22)26(31)32/h3-6,8-12,14-15,17H,2,7,13,16,18H2,1H3,(H,31,32). The van der Waals surface area contributed by atoms with Crippen molar-refractivity contribution in [1.82, 2.24) is 19.7 Å². The zero-order valence-electron chi connectivity index (χ0n) is 18.1. The minimum absolute atomic E-state index is 0.0600. The number of carboxylic acids is 1.